The van der Waals surface area contributed by atoms with Crippen LogP contribution in [0, 0.1) is 13.8 Å². The zero-order valence-corrected chi connectivity index (χ0v) is 12.8. The van der Waals surface area contributed by atoms with E-state index in [1.807, 2.05) is 6.92 Å². The number of ether oxygens (including phenoxy) is 1. The number of benzene rings is 1. The van der Waals surface area contributed by atoms with Crippen molar-refractivity contribution in [1.29, 1.82) is 0 Å². The molecule has 1 unspecified atom stereocenters. The van der Waals surface area contributed by atoms with Gasteiger partial charge in [-0.1, -0.05) is 25.1 Å². The molecular weight excluding hydrogens is 236 g/mol. The van der Waals surface area contributed by atoms with Gasteiger partial charge in [-0.25, -0.2) is 0 Å². The molecule has 0 amide bonds. The van der Waals surface area contributed by atoms with Crippen molar-refractivity contribution in [3.63, 3.8) is 0 Å². The minimum atomic E-state index is 0.283. The van der Waals surface area contributed by atoms with Gasteiger partial charge in [0.2, 0.25) is 0 Å². The van der Waals surface area contributed by atoms with E-state index in [2.05, 4.69) is 43.9 Å². The second-order valence-corrected chi connectivity index (χ2v) is 4.87. The lowest BCUT2D eigenvalue weighted by molar-refractivity contribution is 0.0979. The topological polar surface area (TPSA) is 38.5 Å². The highest BCUT2D eigenvalue weighted by Gasteiger charge is 2.19. The predicted octanol–water partition coefficient (Wildman–Crippen LogP) is 2.66. The van der Waals surface area contributed by atoms with Gasteiger partial charge in [-0.15, -0.1) is 0 Å². The van der Waals surface area contributed by atoms with Gasteiger partial charge >= 0.3 is 0 Å². The van der Waals surface area contributed by atoms with Crippen molar-refractivity contribution >= 4 is 0 Å². The molecular formula is C16H28N2O. The molecule has 2 N–H and O–H groups in total. The molecule has 0 saturated heterocycles. The summed E-state index contributed by atoms with van der Waals surface area (Å²) in [5.74, 6) is 0. The van der Waals surface area contributed by atoms with Crippen molar-refractivity contribution in [1.82, 2.24) is 4.90 Å². The highest BCUT2D eigenvalue weighted by Crippen LogP contribution is 2.24. The van der Waals surface area contributed by atoms with E-state index in [1.54, 1.807) is 0 Å². The summed E-state index contributed by atoms with van der Waals surface area (Å²) in [4.78, 5) is 2.40. The molecule has 1 aromatic rings. The second kappa shape index (κ2) is 8.31. The van der Waals surface area contributed by atoms with E-state index in [0.717, 1.165) is 26.3 Å². The predicted molar refractivity (Wildman–Crippen MR) is 81.5 cm³/mol. The number of likely N-dealkylation sites (N-methyl/N-ethyl adjacent to an activating group) is 1. The van der Waals surface area contributed by atoms with Crippen LogP contribution in [0.5, 0.6) is 0 Å². The molecule has 0 aliphatic rings. The van der Waals surface area contributed by atoms with Crippen molar-refractivity contribution in [2.24, 2.45) is 5.73 Å². The highest BCUT2D eigenvalue weighted by atomic mass is 16.5. The summed E-state index contributed by atoms with van der Waals surface area (Å²) in [6, 6.07) is 6.76. The molecule has 0 heterocycles. The van der Waals surface area contributed by atoms with Crippen molar-refractivity contribution in [2.75, 3.05) is 32.8 Å². The molecule has 1 rings (SSSR count). The first kappa shape index (κ1) is 16.2. The maximum absolute atomic E-state index is 6.02. The second-order valence-electron chi connectivity index (χ2n) is 4.87. The number of aryl methyl sites for hydroxylation is 1. The van der Waals surface area contributed by atoms with Crippen LogP contribution in [0.2, 0.25) is 0 Å². The van der Waals surface area contributed by atoms with Gasteiger partial charge in [0, 0.05) is 25.7 Å². The number of hydrogen-bond donors (Lipinski definition) is 1. The van der Waals surface area contributed by atoms with Crippen molar-refractivity contribution in [3.8, 4) is 0 Å². The van der Waals surface area contributed by atoms with Crippen LogP contribution in [-0.2, 0) is 4.74 Å². The lowest BCUT2D eigenvalue weighted by atomic mass is 9.96. The summed E-state index contributed by atoms with van der Waals surface area (Å²) >= 11 is 0. The minimum Gasteiger partial charge on any atom is -0.380 e. The molecule has 0 aliphatic heterocycles. The van der Waals surface area contributed by atoms with Gasteiger partial charge in [-0.05, 0) is 44.0 Å². The van der Waals surface area contributed by atoms with E-state index in [0.29, 0.717) is 6.54 Å². The third-order valence-corrected chi connectivity index (χ3v) is 3.80. The van der Waals surface area contributed by atoms with E-state index in [4.69, 9.17) is 10.5 Å². The molecule has 108 valence electrons. The highest BCUT2D eigenvalue weighted by molar-refractivity contribution is 5.35. The molecule has 0 fully saturated rings. The number of nitrogens with two attached hydrogens (primary N) is 1. The normalized spacial score (nSPS) is 12.9. The Balaban J connectivity index is 2.87. The van der Waals surface area contributed by atoms with Crippen LogP contribution in [0.25, 0.3) is 0 Å². The van der Waals surface area contributed by atoms with Gasteiger partial charge in [0.15, 0.2) is 0 Å². The quantitative estimate of drug-likeness (QED) is 0.734. The van der Waals surface area contributed by atoms with Crippen LogP contribution in [0.4, 0.5) is 0 Å². The van der Waals surface area contributed by atoms with Crippen LogP contribution in [-0.4, -0.2) is 37.7 Å². The Morgan fingerprint density at radius 3 is 2.58 bits per heavy atom. The van der Waals surface area contributed by atoms with Crippen LogP contribution in [0.15, 0.2) is 18.2 Å². The molecule has 0 aromatic heterocycles. The van der Waals surface area contributed by atoms with Crippen molar-refractivity contribution in [2.45, 2.75) is 33.7 Å². The van der Waals surface area contributed by atoms with Gasteiger partial charge in [-0.2, -0.15) is 0 Å². The third kappa shape index (κ3) is 4.30. The maximum atomic E-state index is 6.02. The Kier molecular flexibility index (Phi) is 7.06. The van der Waals surface area contributed by atoms with Crippen molar-refractivity contribution < 1.29 is 4.74 Å². The SMILES string of the molecule is CCOCCN(CC)C(CN)c1cccc(C)c1C. The molecule has 0 bridgehead atoms. The fourth-order valence-electron chi connectivity index (χ4n) is 2.47. The van der Waals surface area contributed by atoms with Crippen LogP contribution < -0.4 is 5.73 Å². The van der Waals surface area contributed by atoms with E-state index < -0.39 is 0 Å². The standard InChI is InChI=1S/C16H28N2O/c1-5-18(10-11-19-6-2)16(12-17)15-9-7-8-13(3)14(15)4/h7-9,16H,5-6,10-12,17H2,1-4H3. The lowest BCUT2D eigenvalue weighted by Crippen LogP contribution is -2.36. The molecule has 3 nitrogen and oxygen atoms in total. The van der Waals surface area contributed by atoms with Gasteiger partial charge < -0.3 is 10.5 Å². The zero-order chi connectivity index (χ0) is 14.3. The van der Waals surface area contributed by atoms with E-state index in [9.17, 15) is 0 Å². The van der Waals surface area contributed by atoms with Crippen LogP contribution >= 0.6 is 0 Å². The summed E-state index contributed by atoms with van der Waals surface area (Å²) in [5, 5.41) is 0. The summed E-state index contributed by atoms with van der Waals surface area (Å²) in [6.45, 7) is 12.7. The summed E-state index contributed by atoms with van der Waals surface area (Å²) in [5.41, 5.74) is 10.1. The lowest BCUT2D eigenvalue weighted by Gasteiger charge is -2.31. The van der Waals surface area contributed by atoms with Gasteiger partial charge in [0.1, 0.15) is 0 Å². The maximum Gasteiger partial charge on any atom is 0.0593 e. The summed E-state index contributed by atoms with van der Waals surface area (Å²) in [7, 11) is 0. The monoisotopic (exact) mass is 264 g/mol. The molecule has 0 aliphatic carbocycles. The minimum absolute atomic E-state index is 0.283. The molecule has 1 aromatic carbocycles. The van der Waals surface area contributed by atoms with Gasteiger partial charge in [0.05, 0.1) is 6.61 Å². The van der Waals surface area contributed by atoms with E-state index in [1.165, 1.54) is 16.7 Å². The molecule has 0 saturated carbocycles. The Hall–Kier alpha value is -0.900. The fourth-order valence-corrected chi connectivity index (χ4v) is 2.47. The number of nitrogens with zero attached hydrogens (tertiary/aromatic N) is 1. The smallest absolute Gasteiger partial charge is 0.0593 e. The molecule has 0 spiro atoms. The largest absolute Gasteiger partial charge is 0.380 e. The number of rotatable bonds is 8. The summed E-state index contributed by atoms with van der Waals surface area (Å²) in [6.07, 6.45) is 0. The molecule has 1 atom stereocenters. The van der Waals surface area contributed by atoms with Gasteiger partial charge in [-0.3, -0.25) is 4.90 Å². The van der Waals surface area contributed by atoms with E-state index in [-0.39, 0.29) is 6.04 Å². The Bertz CT molecular complexity index is 379. The Morgan fingerprint density at radius 1 is 1.26 bits per heavy atom. The molecule has 0 radical (unpaired) electrons. The van der Waals surface area contributed by atoms with Crippen LogP contribution in [0.3, 0.4) is 0 Å². The molecule has 3 heteroatoms. The zero-order valence-electron chi connectivity index (χ0n) is 12.8. The van der Waals surface area contributed by atoms with Gasteiger partial charge in [0.25, 0.3) is 0 Å². The average Bonchev–Trinajstić information content (AvgIpc) is 2.42. The van der Waals surface area contributed by atoms with Crippen molar-refractivity contribution in [3.05, 3.63) is 34.9 Å². The third-order valence-electron chi connectivity index (χ3n) is 3.80. The first-order valence-corrected chi connectivity index (χ1v) is 7.23. The first-order chi connectivity index (χ1) is 9.15. The van der Waals surface area contributed by atoms with E-state index >= 15 is 0 Å². The Morgan fingerprint density at radius 2 is 2.00 bits per heavy atom. The first-order valence-electron chi connectivity index (χ1n) is 7.23. The fraction of sp³-hybridized carbons (Fsp3) is 0.625. The number of hydrogen-bond acceptors (Lipinski definition) is 3. The summed E-state index contributed by atoms with van der Waals surface area (Å²) < 4.78 is 5.47. The average molecular weight is 264 g/mol. The molecule has 19 heavy (non-hydrogen) atoms. The Labute approximate surface area is 117 Å². The van der Waals surface area contributed by atoms with Crippen LogP contribution in [0.1, 0.15) is 36.6 Å².